The molecule has 1 aromatic carbocycles. The van der Waals surface area contributed by atoms with Crippen molar-refractivity contribution in [3.8, 4) is 0 Å². The molecule has 0 fully saturated rings. The molecule has 0 bridgehead atoms. The number of nitrogens with one attached hydrogen (secondary N) is 2. The third-order valence-corrected chi connectivity index (χ3v) is 2.81. The lowest BCUT2D eigenvalue weighted by molar-refractivity contribution is -0.141. The topological polar surface area (TPSA) is 76.0 Å². The van der Waals surface area contributed by atoms with Gasteiger partial charge < -0.3 is 10.6 Å². The average molecular weight is 326 g/mol. The number of rotatable bonds is 3. The molecule has 2 N–H and O–H groups in total. The molecule has 23 heavy (non-hydrogen) atoms. The van der Waals surface area contributed by atoms with Crippen molar-refractivity contribution in [1.29, 1.82) is 0 Å². The lowest BCUT2D eigenvalue weighted by atomic mass is 10.2. The zero-order chi connectivity index (χ0) is 17.2. The van der Waals surface area contributed by atoms with Crippen molar-refractivity contribution >= 4 is 23.2 Å². The summed E-state index contributed by atoms with van der Waals surface area (Å²) in [6.07, 6.45) is -3.72. The number of hydrogen-bond donors (Lipinski definition) is 2. The van der Waals surface area contributed by atoms with E-state index in [0.717, 1.165) is 10.9 Å². The van der Waals surface area contributed by atoms with E-state index in [4.69, 9.17) is 0 Å². The first-order valence-corrected chi connectivity index (χ1v) is 6.46. The maximum atomic E-state index is 12.8. The van der Waals surface area contributed by atoms with Crippen LogP contribution in [0, 0.1) is 0 Å². The second-order valence-electron chi connectivity index (χ2n) is 4.78. The predicted octanol–water partition coefficient (Wildman–Crippen LogP) is 2.65. The Bertz CT molecular complexity index is 735. The summed E-state index contributed by atoms with van der Waals surface area (Å²) in [5.41, 5.74) is -1.01. The minimum absolute atomic E-state index is 0.257. The van der Waals surface area contributed by atoms with Crippen LogP contribution in [0.2, 0.25) is 0 Å². The molecule has 0 aliphatic rings. The van der Waals surface area contributed by atoms with E-state index in [9.17, 15) is 22.8 Å². The summed E-state index contributed by atoms with van der Waals surface area (Å²) in [6, 6.07) is 5.97. The van der Waals surface area contributed by atoms with Gasteiger partial charge in [0.1, 0.15) is 0 Å². The molecule has 122 valence electrons. The number of alkyl halides is 3. The molecule has 1 heterocycles. The lowest BCUT2D eigenvalue weighted by Crippen LogP contribution is -2.17. The van der Waals surface area contributed by atoms with Crippen molar-refractivity contribution in [2.45, 2.75) is 13.1 Å². The number of hydrogen-bond acceptors (Lipinski definition) is 3. The summed E-state index contributed by atoms with van der Waals surface area (Å²) in [5.74, 6) is -1.18. The molecule has 2 aromatic rings. The van der Waals surface area contributed by atoms with Gasteiger partial charge >= 0.3 is 6.18 Å². The van der Waals surface area contributed by atoms with Crippen LogP contribution in [0.5, 0.6) is 0 Å². The third-order valence-electron chi connectivity index (χ3n) is 2.81. The van der Waals surface area contributed by atoms with Crippen molar-refractivity contribution in [3.63, 3.8) is 0 Å². The van der Waals surface area contributed by atoms with Crippen LogP contribution in [0.15, 0.2) is 30.5 Å². The highest BCUT2D eigenvalue weighted by Crippen LogP contribution is 2.30. The number of halogens is 3. The molecule has 0 unspecified atom stereocenters. The molecule has 0 radical (unpaired) electrons. The lowest BCUT2D eigenvalue weighted by Gasteiger charge is -2.08. The van der Waals surface area contributed by atoms with E-state index in [1.54, 1.807) is 0 Å². The van der Waals surface area contributed by atoms with Gasteiger partial charge in [0.2, 0.25) is 5.91 Å². The van der Waals surface area contributed by atoms with Crippen molar-refractivity contribution in [1.82, 2.24) is 9.78 Å². The number of carbonyl (C=O) groups is 2. The van der Waals surface area contributed by atoms with Crippen LogP contribution in [0.1, 0.15) is 23.0 Å². The van der Waals surface area contributed by atoms with Crippen LogP contribution in [-0.2, 0) is 18.0 Å². The Kier molecular flexibility index (Phi) is 4.39. The van der Waals surface area contributed by atoms with Crippen LogP contribution < -0.4 is 10.6 Å². The van der Waals surface area contributed by atoms with Gasteiger partial charge in [-0.25, -0.2) is 0 Å². The molecule has 2 rings (SSSR count). The fourth-order valence-corrected chi connectivity index (χ4v) is 1.90. The number of aryl methyl sites for hydroxylation is 1. The SMILES string of the molecule is CC(=O)Nc1ccc(NC(=O)c2cn(C)nc2C(F)(F)F)cc1. The summed E-state index contributed by atoms with van der Waals surface area (Å²) in [7, 11) is 1.30. The molecular formula is C14H13F3N4O2. The molecule has 0 atom stereocenters. The van der Waals surface area contributed by atoms with Crippen LogP contribution >= 0.6 is 0 Å². The normalized spacial score (nSPS) is 11.2. The molecule has 9 heteroatoms. The minimum atomic E-state index is -4.72. The average Bonchev–Trinajstić information content (AvgIpc) is 2.83. The molecule has 0 aliphatic heterocycles. The van der Waals surface area contributed by atoms with E-state index in [-0.39, 0.29) is 5.91 Å². The number of aromatic nitrogens is 2. The van der Waals surface area contributed by atoms with E-state index in [1.807, 2.05) is 0 Å². The van der Waals surface area contributed by atoms with Gasteiger partial charge in [-0.1, -0.05) is 0 Å². The van der Waals surface area contributed by atoms with E-state index in [1.165, 1.54) is 38.2 Å². The highest BCUT2D eigenvalue weighted by molar-refractivity contribution is 6.05. The van der Waals surface area contributed by atoms with E-state index < -0.39 is 23.3 Å². The van der Waals surface area contributed by atoms with Gasteiger partial charge in [0.05, 0.1) is 5.56 Å². The number of nitrogens with zero attached hydrogens (tertiary/aromatic N) is 2. The van der Waals surface area contributed by atoms with Gasteiger partial charge in [0.15, 0.2) is 5.69 Å². The quantitative estimate of drug-likeness (QED) is 0.910. The summed E-state index contributed by atoms with van der Waals surface area (Å²) in [6.45, 7) is 1.34. The first-order chi connectivity index (χ1) is 10.7. The van der Waals surface area contributed by atoms with Crippen LogP contribution in [0.3, 0.4) is 0 Å². The summed E-state index contributed by atoms with van der Waals surface area (Å²) in [4.78, 5) is 22.9. The second kappa shape index (κ2) is 6.11. The first-order valence-electron chi connectivity index (χ1n) is 6.46. The molecule has 0 aliphatic carbocycles. The Labute approximate surface area is 129 Å². The number of amides is 2. The summed E-state index contributed by atoms with van der Waals surface area (Å²) >= 11 is 0. The van der Waals surface area contributed by atoms with Gasteiger partial charge in [0.25, 0.3) is 5.91 Å². The Morgan fingerprint density at radius 2 is 1.61 bits per heavy atom. The fraction of sp³-hybridized carbons (Fsp3) is 0.214. The molecule has 1 aromatic heterocycles. The maximum absolute atomic E-state index is 12.8. The van der Waals surface area contributed by atoms with Crippen LogP contribution in [0.25, 0.3) is 0 Å². The summed E-state index contributed by atoms with van der Waals surface area (Å²) in [5, 5.41) is 8.17. The molecule has 0 saturated carbocycles. The first kappa shape index (κ1) is 16.5. The fourth-order valence-electron chi connectivity index (χ4n) is 1.90. The van der Waals surface area contributed by atoms with Crippen molar-refractivity contribution in [2.75, 3.05) is 10.6 Å². The smallest absolute Gasteiger partial charge is 0.326 e. The standard InChI is InChI=1S/C14H13F3N4O2/c1-8(22)18-9-3-5-10(6-4-9)19-13(23)11-7-21(2)20-12(11)14(15,16)17/h3-7H,1-2H3,(H,18,22)(H,19,23). The van der Waals surface area contributed by atoms with Crippen molar-refractivity contribution in [3.05, 3.63) is 41.7 Å². The third kappa shape index (κ3) is 4.09. The molecule has 6 nitrogen and oxygen atoms in total. The Morgan fingerprint density at radius 3 is 2.09 bits per heavy atom. The number of carbonyl (C=O) groups excluding carboxylic acids is 2. The summed E-state index contributed by atoms with van der Waals surface area (Å²) < 4.78 is 39.4. The Balaban J connectivity index is 2.18. The highest BCUT2D eigenvalue weighted by Gasteiger charge is 2.38. The highest BCUT2D eigenvalue weighted by atomic mass is 19.4. The van der Waals surface area contributed by atoms with E-state index in [2.05, 4.69) is 15.7 Å². The molecule has 0 saturated heterocycles. The van der Waals surface area contributed by atoms with Crippen LogP contribution in [0.4, 0.5) is 24.5 Å². The van der Waals surface area contributed by atoms with Gasteiger partial charge in [-0.15, -0.1) is 0 Å². The Hall–Kier alpha value is -2.84. The van der Waals surface area contributed by atoms with E-state index >= 15 is 0 Å². The van der Waals surface area contributed by atoms with Crippen LogP contribution in [-0.4, -0.2) is 21.6 Å². The number of benzene rings is 1. The van der Waals surface area contributed by atoms with E-state index in [0.29, 0.717) is 11.4 Å². The Morgan fingerprint density at radius 1 is 1.09 bits per heavy atom. The largest absolute Gasteiger partial charge is 0.435 e. The van der Waals surface area contributed by atoms with Gasteiger partial charge in [0, 0.05) is 31.5 Å². The van der Waals surface area contributed by atoms with Crippen molar-refractivity contribution < 1.29 is 22.8 Å². The zero-order valence-corrected chi connectivity index (χ0v) is 12.2. The molecular weight excluding hydrogens is 313 g/mol. The minimum Gasteiger partial charge on any atom is -0.326 e. The van der Waals surface area contributed by atoms with Gasteiger partial charge in [-0.05, 0) is 24.3 Å². The maximum Gasteiger partial charge on any atom is 0.435 e. The molecule has 2 amide bonds. The number of anilines is 2. The van der Waals surface area contributed by atoms with Gasteiger partial charge in [-0.2, -0.15) is 18.3 Å². The monoisotopic (exact) mass is 326 g/mol. The predicted molar refractivity (Wildman–Crippen MR) is 76.9 cm³/mol. The second-order valence-corrected chi connectivity index (χ2v) is 4.78. The zero-order valence-electron chi connectivity index (χ0n) is 12.2. The van der Waals surface area contributed by atoms with Crippen molar-refractivity contribution in [2.24, 2.45) is 7.05 Å². The molecule has 0 spiro atoms. The van der Waals surface area contributed by atoms with Gasteiger partial charge in [-0.3, -0.25) is 14.3 Å².